The highest BCUT2D eigenvalue weighted by molar-refractivity contribution is 5.45. The van der Waals surface area contributed by atoms with Crippen LogP contribution in [0.4, 0.5) is 17.8 Å². The van der Waals surface area contributed by atoms with Crippen molar-refractivity contribution < 1.29 is 5.11 Å². The Balaban J connectivity index is 1.13. The number of hydrogen-bond donors (Lipinski definition) is 4. The summed E-state index contributed by atoms with van der Waals surface area (Å²) < 4.78 is 0. The van der Waals surface area contributed by atoms with Crippen molar-refractivity contribution in [3.63, 3.8) is 0 Å². The van der Waals surface area contributed by atoms with Crippen LogP contribution < -0.4 is 16.0 Å². The summed E-state index contributed by atoms with van der Waals surface area (Å²) in [6, 6.07) is 0.512. The van der Waals surface area contributed by atoms with Gasteiger partial charge in [0.15, 0.2) is 0 Å². The fraction of sp³-hybridized carbons (Fsp3) is 0.885. The molecule has 8 fully saturated rings. The molecule has 0 aromatic carbocycles. The monoisotopic (exact) mass is 452 g/mol. The lowest BCUT2D eigenvalue weighted by molar-refractivity contribution is 0.00720. The molecule has 8 saturated carbocycles. The number of rotatable bonds is 8. The molecular weight excluding hydrogens is 412 g/mol. The molecule has 8 aliphatic carbocycles. The second kappa shape index (κ2) is 7.96. The zero-order valence-corrected chi connectivity index (χ0v) is 19.8. The summed E-state index contributed by atoms with van der Waals surface area (Å²) in [5.41, 5.74) is 0.179. The van der Waals surface area contributed by atoms with Gasteiger partial charge in [0.2, 0.25) is 17.8 Å². The van der Waals surface area contributed by atoms with Crippen LogP contribution in [0.1, 0.15) is 77.0 Å². The molecule has 180 valence electrons. The Morgan fingerprint density at radius 2 is 1.24 bits per heavy atom. The van der Waals surface area contributed by atoms with Crippen molar-refractivity contribution in [2.24, 2.45) is 41.4 Å². The standard InChI is InChI=1S/C26H40N6O/c33-3-1-2-27-23-29-24(28-22-20-8-15-4-16(10-20)11-21(22)9-15)31-25(30-23)32-26-12-17-5-18(13-26)7-19(6-17)14-26/h15-22,33H,1-14H2,(H3,27,28,29,30,31,32). The van der Waals surface area contributed by atoms with E-state index in [9.17, 15) is 5.11 Å². The fourth-order valence-electron chi connectivity index (χ4n) is 9.67. The Morgan fingerprint density at radius 1 is 0.697 bits per heavy atom. The van der Waals surface area contributed by atoms with E-state index in [0.717, 1.165) is 53.3 Å². The third kappa shape index (κ3) is 3.88. The number of nitrogens with one attached hydrogen (secondary N) is 3. The third-order valence-corrected chi connectivity index (χ3v) is 10.2. The van der Waals surface area contributed by atoms with Crippen LogP contribution in [0.5, 0.6) is 0 Å². The molecule has 0 unspecified atom stereocenters. The molecule has 33 heavy (non-hydrogen) atoms. The number of aliphatic hydroxyl groups is 1. The normalized spacial score (nSPS) is 44.3. The maximum atomic E-state index is 9.21. The van der Waals surface area contributed by atoms with E-state index in [-0.39, 0.29) is 12.1 Å². The zero-order chi connectivity index (χ0) is 22.0. The molecule has 0 saturated heterocycles. The number of aliphatic hydroxyl groups excluding tert-OH is 1. The molecule has 0 spiro atoms. The van der Waals surface area contributed by atoms with Gasteiger partial charge >= 0.3 is 0 Å². The lowest BCUT2D eigenvalue weighted by Crippen LogP contribution is -2.55. The molecule has 9 rings (SSSR count). The molecule has 7 heteroatoms. The van der Waals surface area contributed by atoms with Crippen molar-refractivity contribution in [3.05, 3.63) is 0 Å². The van der Waals surface area contributed by atoms with Crippen LogP contribution in [0.2, 0.25) is 0 Å². The van der Waals surface area contributed by atoms with Crippen molar-refractivity contribution in [2.45, 2.75) is 88.6 Å². The van der Waals surface area contributed by atoms with Gasteiger partial charge < -0.3 is 21.1 Å². The lowest BCUT2D eigenvalue weighted by Gasteiger charge is -2.56. The van der Waals surface area contributed by atoms with Crippen molar-refractivity contribution in [2.75, 3.05) is 29.1 Å². The molecule has 0 radical (unpaired) electrons. The SMILES string of the molecule is OCCCNc1nc(NC2C3CC4CC(C3)CC2C4)nc(NC23CC4CC(CC(C4)C2)C3)n1. The van der Waals surface area contributed by atoms with Crippen molar-refractivity contribution in [1.29, 1.82) is 0 Å². The topological polar surface area (TPSA) is 95.0 Å². The van der Waals surface area contributed by atoms with Crippen LogP contribution in [-0.4, -0.2) is 44.8 Å². The van der Waals surface area contributed by atoms with Crippen molar-refractivity contribution in [1.82, 2.24) is 15.0 Å². The molecule has 7 nitrogen and oxygen atoms in total. The van der Waals surface area contributed by atoms with Gasteiger partial charge in [0.1, 0.15) is 0 Å². The largest absolute Gasteiger partial charge is 0.396 e. The maximum Gasteiger partial charge on any atom is 0.229 e. The first-order valence-electron chi connectivity index (χ1n) is 13.8. The maximum absolute atomic E-state index is 9.21. The number of nitrogens with zero attached hydrogens (tertiary/aromatic N) is 3. The molecule has 1 aromatic heterocycles. The highest BCUT2D eigenvalue weighted by atomic mass is 16.3. The predicted octanol–water partition coefficient (Wildman–Crippen LogP) is 4.28. The molecule has 0 atom stereocenters. The van der Waals surface area contributed by atoms with Gasteiger partial charge in [-0.15, -0.1) is 0 Å². The minimum Gasteiger partial charge on any atom is -0.396 e. The summed E-state index contributed by atoms with van der Waals surface area (Å²) in [4.78, 5) is 14.5. The third-order valence-electron chi connectivity index (χ3n) is 10.2. The van der Waals surface area contributed by atoms with Crippen molar-refractivity contribution in [3.8, 4) is 0 Å². The Bertz CT molecular complexity index is 826. The van der Waals surface area contributed by atoms with Crippen LogP contribution in [-0.2, 0) is 0 Å². The fourth-order valence-corrected chi connectivity index (χ4v) is 9.67. The minimum absolute atomic E-state index is 0.176. The average molecular weight is 453 g/mol. The first-order chi connectivity index (χ1) is 16.1. The van der Waals surface area contributed by atoms with Crippen LogP contribution in [0, 0.1) is 41.4 Å². The molecule has 1 heterocycles. The quantitative estimate of drug-likeness (QED) is 0.437. The first-order valence-corrected chi connectivity index (χ1v) is 13.8. The Kier molecular flexibility index (Phi) is 5.00. The molecule has 8 aliphatic rings. The minimum atomic E-state index is 0.176. The predicted molar refractivity (Wildman–Crippen MR) is 129 cm³/mol. The van der Waals surface area contributed by atoms with Gasteiger partial charge in [0, 0.05) is 24.7 Å². The highest BCUT2D eigenvalue weighted by Crippen LogP contribution is 2.57. The number of hydrogen-bond acceptors (Lipinski definition) is 7. The van der Waals surface area contributed by atoms with Crippen LogP contribution >= 0.6 is 0 Å². The summed E-state index contributed by atoms with van der Waals surface area (Å²) in [6.45, 7) is 0.851. The smallest absolute Gasteiger partial charge is 0.229 e. The van der Waals surface area contributed by atoms with E-state index in [2.05, 4.69) is 16.0 Å². The summed E-state index contributed by atoms with van der Waals surface area (Å²) >= 11 is 0. The van der Waals surface area contributed by atoms with E-state index in [1.807, 2.05) is 0 Å². The van der Waals surface area contributed by atoms with E-state index in [1.165, 1.54) is 70.6 Å². The van der Waals surface area contributed by atoms with Crippen LogP contribution in [0.25, 0.3) is 0 Å². The van der Waals surface area contributed by atoms with Gasteiger partial charge in [-0.2, -0.15) is 15.0 Å². The molecule has 0 amide bonds. The average Bonchev–Trinajstić information content (AvgIpc) is 2.74. The first kappa shape index (κ1) is 20.7. The Morgan fingerprint density at radius 3 is 1.85 bits per heavy atom. The van der Waals surface area contributed by atoms with Gasteiger partial charge in [-0.05, 0) is 118 Å². The molecule has 0 aliphatic heterocycles. The lowest BCUT2D eigenvalue weighted by atomic mass is 9.53. The molecule has 1 aromatic rings. The highest BCUT2D eigenvalue weighted by Gasteiger charge is 2.51. The van der Waals surface area contributed by atoms with E-state index in [0.29, 0.717) is 25.0 Å². The number of anilines is 3. The molecule has 8 bridgehead atoms. The summed E-state index contributed by atoms with van der Waals surface area (Å²) in [5.74, 6) is 8.27. The van der Waals surface area contributed by atoms with Crippen molar-refractivity contribution >= 4 is 17.8 Å². The van der Waals surface area contributed by atoms with Crippen LogP contribution in [0.3, 0.4) is 0 Å². The second-order valence-electron chi connectivity index (χ2n) is 12.7. The van der Waals surface area contributed by atoms with E-state index in [1.54, 1.807) is 0 Å². The van der Waals surface area contributed by atoms with Gasteiger partial charge in [-0.25, -0.2) is 0 Å². The van der Waals surface area contributed by atoms with Gasteiger partial charge in [-0.3, -0.25) is 0 Å². The summed E-state index contributed by atoms with van der Waals surface area (Å²) in [7, 11) is 0. The molecular formula is C26H40N6O. The van der Waals surface area contributed by atoms with E-state index >= 15 is 0 Å². The van der Waals surface area contributed by atoms with Gasteiger partial charge in [-0.1, -0.05) is 0 Å². The zero-order valence-electron chi connectivity index (χ0n) is 19.8. The number of aromatic nitrogens is 3. The molecule has 4 N–H and O–H groups in total. The Hall–Kier alpha value is -1.63. The van der Waals surface area contributed by atoms with E-state index < -0.39 is 0 Å². The summed E-state index contributed by atoms with van der Waals surface area (Å²) in [5, 5.41) is 20.2. The van der Waals surface area contributed by atoms with Gasteiger partial charge in [0.05, 0.1) is 0 Å². The van der Waals surface area contributed by atoms with Crippen LogP contribution in [0.15, 0.2) is 0 Å². The van der Waals surface area contributed by atoms with E-state index in [4.69, 9.17) is 15.0 Å². The second-order valence-corrected chi connectivity index (χ2v) is 12.7. The van der Waals surface area contributed by atoms with Gasteiger partial charge in [0.25, 0.3) is 0 Å². The Labute approximate surface area is 197 Å². The summed E-state index contributed by atoms with van der Waals surface area (Å²) in [6.07, 6.45) is 15.8.